The van der Waals surface area contributed by atoms with Gasteiger partial charge in [-0.25, -0.2) is 0 Å². The van der Waals surface area contributed by atoms with E-state index in [1.165, 1.54) is 58.0 Å². The van der Waals surface area contributed by atoms with Crippen molar-refractivity contribution in [2.45, 2.75) is 65.7 Å². The molecule has 3 aliphatic carbocycles. The van der Waals surface area contributed by atoms with Gasteiger partial charge in [0.15, 0.2) is 0 Å². The van der Waals surface area contributed by atoms with E-state index in [0.29, 0.717) is 10.8 Å². The Bertz CT molecular complexity index is 453. The third-order valence-electron chi connectivity index (χ3n) is 8.54. The number of rotatable bonds is 0. The molecule has 4 rings (SSSR count). The highest BCUT2D eigenvalue weighted by Crippen LogP contribution is 2.65. The van der Waals surface area contributed by atoms with Crippen LogP contribution in [0.25, 0.3) is 0 Å². The molecule has 3 fully saturated rings. The molecule has 1 heterocycles. The summed E-state index contributed by atoms with van der Waals surface area (Å²) in [6, 6.07) is 0. The van der Waals surface area contributed by atoms with Gasteiger partial charge in [0.05, 0.1) is 0 Å². The van der Waals surface area contributed by atoms with Gasteiger partial charge in [-0.05, 0) is 99.5 Å². The lowest BCUT2D eigenvalue weighted by Crippen LogP contribution is -2.51. The van der Waals surface area contributed by atoms with E-state index in [-0.39, 0.29) is 0 Å². The number of hydrogen-bond donors (Lipinski definition) is 1. The summed E-state index contributed by atoms with van der Waals surface area (Å²) in [5, 5.41) is 3.67. The van der Waals surface area contributed by atoms with Gasteiger partial charge in [-0.1, -0.05) is 25.5 Å². The van der Waals surface area contributed by atoms with Gasteiger partial charge in [-0.3, -0.25) is 0 Å². The first-order valence-corrected chi connectivity index (χ1v) is 9.44. The second kappa shape index (κ2) is 4.85. The first-order chi connectivity index (χ1) is 10.1. The molecule has 0 aromatic carbocycles. The van der Waals surface area contributed by atoms with Crippen molar-refractivity contribution in [3.05, 3.63) is 11.6 Å². The summed E-state index contributed by atoms with van der Waals surface area (Å²) in [6.07, 6.45) is 12.8. The predicted molar refractivity (Wildman–Crippen MR) is 89.1 cm³/mol. The van der Waals surface area contributed by atoms with Crippen molar-refractivity contribution in [3.63, 3.8) is 0 Å². The highest BCUT2D eigenvalue weighted by Gasteiger charge is 2.56. The zero-order valence-corrected chi connectivity index (χ0v) is 14.3. The summed E-state index contributed by atoms with van der Waals surface area (Å²) in [7, 11) is 0. The molecule has 0 aromatic heterocycles. The molecule has 0 unspecified atom stereocenters. The Kier molecular flexibility index (Phi) is 3.30. The standard InChI is InChI=1S/C20H33N/c1-14-4-7-17-16-6-5-15-9-12-21-13-11-20(15,3)18(16)8-10-19(14,17)2/h4,15-18,21H,5-13H2,1-3H3/t15-,16-,17-,18-,19+,20-/m0/s1. The Hall–Kier alpha value is -0.300. The quantitative estimate of drug-likeness (QED) is 0.632. The summed E-state index contributed by atoms with van der Waals surface area (Å²) in [6.45, 7) is 10.2. The molecular formula is C20H33N. The Morgan fingerprint density at radius 2 is 1.86 bits per heavy atom. The molecule has 0 spiro atoms. The van der Waals surface area contributed by atoms with E-state index >= 15 is 0 Å². The zero-order valence-electron chi connectivity index (χ0n) is 14.3. The summed E-state index contributed by atoms with van der Waals surface area (Å²) in [4.78, 5) is 0. The van der Waals surface area contributed by atoms with E-state index in [2.05, 4.69) is 32.2 Å². The first-order valence-electron chi connectivity index (χ1n) is 9.44. The lowest BCUT2D eigenvalue weighted by atomic mass is 9.46. The van der Waals surface area contributed by atoms with Crippen molar-refractivity contribution in [1.29, 1.82) is 0 Å². The van der Waals surface area contributed by atoms with Gasteiger partial charge in [0, 0.05) is 0 Å². The first kappa shape index (κ1) is 14.3. The third-order valence-corrected chi connectivity index (χ3v) is 8.54. The SMILES string of the molecule is CC1=CC[C@H]2[C@@H]3CC[C@H]4CCNCC[C@]4(C)[C@H]3CC[C@]12C. The minimum Gasteiger partial charge on any atom is -0.317 e. The van der Waals surface area contributed by atoms with Crippen LogP contribution in [0.1, 0.15) is 65.7 Å². The van der Waals surface area contributed by atoms with E-state index in [0.717, 1.165) is 23.7 Å². The Labute approximate surface area is 131 Å². The molecule has 2 saturated carbocycles. The molecule has 1 aliphatic heterocycles. The van der Waals surface area contributed by atoms with E-state index in [9.17, 15) is 0 Å². The van der Waals surface area contributed by atoms with Crippen LogP contribution in [0, 0.1) is 34.5 Å². The second-order valence-electron chi connectivity index (χ2n) is 9.02. The maximum Gasteiger partial charge on any atom is -0.00435 e. The maximum atomic E-state index is 3.67. The topological polar surface area (TPSA) is 12.0 Å². The molecule has 21 heavy (non-hydrogen) atoms. The van der Waals surface area contributed by atoms with Crippen molar-refractivity contribution in [2.24, 2.45) is 34.5 Å². The molecule has 6 atom stereocenters. The van der Waals surface area contributed by atoms with Crippen LogP contribution in [0.2, 0.25) is 0 Å². The molecule has 1 heteroatoms. The largest absolute Gasteiger partial charge is 0.317 e. The molecule has 0 aromatic rings. The fourth-order valence-corrected chi connectivity index (χ4v) is 6.94. The van der Waals surface area contributed by atoms with E-state index in [1.54, 1.807) is 5.57 Å². The van der Waals surface area contributed by atoms with Crippen molar-refractivity contribution in [2.75, 3.05) is 13.1 Å². The van der Waals surface area contributed by atoms with Gasteiger partial charge in [0.2, 0.25) is 0 Å². The Morgan fingerprint density at radius 1 is 1.00 bits per heavy atom. The third kappa shape index (κ3) is 1.92. The number of hydrogen-bond acceptors (Lipinski definition) is 1. The van der Waals surface area contributed by atoms with Crippen LogP contribution in [0.3, 0.4) is 0 Å². The van der Waals surface area contributed by atoms with Gasteiger partial charge >= 0.3 is 0 Å². The van der Waals surface area contributed by atoms with Gasteiger partial charge in [-0.2, -0.15) is 0 Å². The molecule has 1 N–H and O–H groups in total. The lowest BCUT2D eigenvalue weighted by molar-refractivity contribution is -0.0829. The molecule has 0 amide bonds. The van der Waals surface area contributed by atoms with Crippen molar-refractivity contribution >= 4 is 0 Å². The van der Waals surface area contributed by atoms with Crippen LogP contribution in [-0.2, 0) is 0 Å². The second-order valence-corrected chi connectivity index (χ2v) is 9.02. The molecular weight excluding hydrogens is 254 g/mol. The van der Waals surface area contributed by atoms with Crippen LogP contribution in [0.4, 0.5) is 0 Å². The van der Waals surface area contributed by atoms with Gasteiger partial charge in [0.25, 0.3) is 0 Å². The van der Waals surface area contributed by atoms with Crippen LogP contribution in [0.15, 0.2) is 11.6 Å². The highest BCUT2D eigenvalue weighted by atomic mass is 14.9. The van der Waals surface area contributed by atoms with Crippen molar-refractivity contribution in [3.8, 4) is 0 Å². The van der Waals surface area contributed by atoms with Crippen LogP contribution < -0.4 is 5.32 Å². The highest BCUT2D eigenvalue weighted by molar-refractivity contribution is 5.23. The molecule has 118 valence electrons. The van der Waals surface area contributed by atoms with Crippen molar-refractivity contribution < 1.29 is 0 Å². The number of allylic oxidation sites excluding steroid dienone is 2. The number of fused-ring (bicyclic) bond motifs is 5. The summed E-state index contributed by atoms with van der Waals surface area (Å²) in [5.74, 6) is 3.98. The molecule has 4 aliphatic rings. The molecule has 0 bridgehead atoms. The van der Waals surface area contributed by atoms with Crippen molar-refractivity contribution in [1.82, 2.24) is 5.32 Å². The van der Waals surface area contributed by atoms with Crippen LogP contribution in [0.5, 0.6) is 0 Å². The van der Waals surface area contributed by atoms with Gasteiger partial charge in [-0.15, -0.1) is 0 Å². The average Bonchev–Trinajstić information content (AvgIpc) is 2.65. The maximum absolute atomic E-state index is 3.67. The molecule has 1 saturated heterocycles. The minimum atomic E-state index is 0.549. The van der Waals surface area contributed by atoms with Gasteiger partial charge < -0.3 is 5.32 Å². The summed E-state index contributed by atoms with van der Waals surface area (Å²) in [5.41, 5.74) is 2.89. The van der Waals surface area contributed by atoms with Crippen LogP contribution >= 0.6 is 0 Å². The van der Waals surface area contributed by atoms with E-state index in [1.807, 2.05) is 0 Å². The number of nitrogens with one attached hydrogen (secondary N) is 1. The lowest BCUT2D eigenvalue weighted by Gasteiger charge is -2.58. The fourth-order valence-electron chi connectivity index (χ4n) is 6.94. The molecule has 1 nitrogen and oxygen atoms in total. The monoisotopic (exact) mass is 287 g/mol. The Balaban J connectivity index is 1.65. The zero-order chi connectivity index (χ0) is 14.7. The predicted octanol–water partition coefficient (Wildman–Crippen LogP) is 4.78. The normalized spacial score (nSPS) is 53.2. The molecule has 0 radical (unpaired) electrons. The smallest absolute Gasteiger partial charge is 0.00435 e. The minimum absolute atomic E-state index is 0.549. The average molecular weight is 287 g/mol. The van der Waals surface area contributed by atoms with E-state index in [4.69, 9.17) is 0 Å². The van der Waals surface area contributed by atoms with Crippen LogP contribution in [-0.4, -0.2) is 13.1 Å². The van der Waals surface area contributed by atoms with E-state index < -0.39 is 0 Å². The van der Waals surface area contributed by atoms with Gasteiger partial charge in [0.1, 0.15) is 0 Å². The summed E-state index contributed by atoms with van der Waals surface area (Å²) >= 11 is 0. The Morgan fingerprint density at radius 3 is 2.71 bits per heavy atom. The fraction of sp³-hybridized carbons (Fsp3) is 0.900. The summed E-state index contributed by atoms with van der Waals surface area (Å²) < 4.78 is 0.